The van der Waals surface area contributed by atoms with E-state index in [1.165, 1.54) is 0 Å². The molecule has 0 radical (unpaired) electrons. The van der Waals surface area contributed by atoms with Gasteiger partial charge in [0.2, 0.25) is 0 Å². The van der Waals surface area contributed by atoms with Gasteiger partial charge < -0.3 is 15.0 Å². The molecule has 4 heterocycles. The van der Waals surface area contributed by atoms with E-state index in [2.05, 4.69) is 25.3 Å². The lowest BCUT2D eigenvalue weighted by molar-refractivity contribution is 0.102. The SMILES string of the molecule is Cc1cc(C)n2ncc(C(=O)Nc3ccc(N4CCOCC4)nc3)c2n1. The van der Waals surface area contributed by atoms with Crippen molar-refractivity contribution in [2.75, 3.05) is 36.5 Å². The standard InChI is InChI=1S/C18H20N6O2/c1-12-9-13(2)24-17(21-12)15(11-20-24)18(25)22-14-3-4-16(19-10-14)23-5-7-26-8-6-23/h3-4,9-11H,5-8H2,1-2H3,(H,22,25). The van der Waals surface area contributed by atoms with Crippen LogP contribution in [0.1, 0.15) is 21.7 Å². The molecule has 0 bridgehead atoms. The lowest BCUT2D eigenvalue weighted by atomic mass is 10.2. The molecule has 1 fully saturated rings. The number of carbonyl (C=O) groups is 1. The molecule has 1 amide bonds. The fraction of sp³-hybridized carbons (Fsp3) is 0.333. The summed E-state index contributed by atoms with van der Waals surface area (Å²) in [5.41, 5.74) is 3.41. The molecule has 3 aromatic heterocycles. The Balaban J connectivity index is 1.53. The number of fused-ring (bicyclic) bond motifs is 1. The van der Waals surface area contributed by atoms with Gasteiger partial charge in [-0.2, -0.15) is 5.10 Å². The smallest absolute Gasteiger partial charge is 0.261 e. The van der Waals surface area contributed by atoms with Gasteiger partial charge in [0, 0.05) is 24.5 Å². The molecule has 1 aliphatic heterocycles. The molecule has 4 rings (SSSR count). The Morgan fingerprint density at radius 1 is 1.19 bits per heavy atom. The maximum absolute atomic E-state index is 12.6. The Kier molecular flexibility index (Phi) is 4.26. The van der Waals surface area contributed by atoms with Crippen molar-refractivity contribution in [3.63, 3.8) is 0 Å². The van der Waals surface area contributed by atoms with E-state index < -0.39 is 0 Å². The van der Waals surface area contributed by atoms with Crippen LogP contribution in [0.15, 0.2) is 30.6 Å². The summed E-state index contributed by atoms with van der Waals surface area (Å²) in [7, 11) is 0. The molecule has 26 heavy (non-hydrogen) atoms. The van der Waals surface area contributed by atoms with Crippen molar-refractivity contribution in [3.05, 3.63) is 47.5 Å². The minimum absolute atomic E-state index is 0.251. The van der Waals surface area contributed by atoms with Gasteiger partial charge in [-0.3, -0.25) is 4.79 Å². The quantitative estimate of drug-likeness (QED) is 0.774. The Labute approximate surface area is 150 Å². The molecular formula is C18H20N6O2. The molecule has 8 heteroatoms. The molecule has 134 valence electrons. The van der Waals surface area contributed by atoms with E-state index in [9.17, 15) is 4.79 Å². The average Bonchev–Trinajstić information content (AvgIpc) is 3.07. The lowest BCUT2D eigenvalue weighted by Gasteiger charge is -2.27. The molecule has 0 spiro atoms. The monoisotopic (exact) mass is 352 g/mol. The molecule has 1 N–H and O–H groups in total. The van der Waals surface area contributed by atoms with Crippen molar-refractivity contribution in [3.8, 4) is 0 Å². The number of hydrogen-bond donors (Lipinski definition) is 1. The van der Waals surface area contributed by atoms with Gasteiger partial charge in [-0.15, -0.1) is 0 Å². The fourth-order valence-corrected chi connectivity index (χ4v) is 3.07. The molecule has 1 aliphatic rings. The molecule has 0 aromatic carbocycles. The molecule has 0 unspecified atom stereocenters. The summed E-state index contributed by atoms with van der Waals surface area (Å²) in [5, 5.41) is 7.12. The Morgan fingerprint density at radius 3 is 2.73 bits per heavy atom. The van der Waals surface area contributed by atoms with Gasteiger partial charge in [-0.05, 0) is 32.0 Å². The number of aryl methyl sites for hydroxylation is 2. The summed E-state index contributed by atoms with van der Waals surface area (Å²) < 4.78 is 7.02. The maximum Gasteiger partial charge on any atom is 0.261 e. The lowest BCUT2D eigenvalue weighted by Crippen LogP contribution is -2.36. The first kappa shape index (κ1) is 16.5. The van der Waals surface area contributed by atoms with Gasteiger partial charge in [0.05, 0.1) is 31.3 Å². The van der Waals surface area contributed by atoms with Crippen LogP contribution in [-0.4, -0.2) is 51.8 Å². The number of hydrogen-bond acceptors (Lipinski definition) is 6. The summed E-state index contributed by atoms with van der Waals surface area (Å²) in [5.74, 6) is 0.633. The average molecular weight is 352 g/mol. The van der Waals surface area contributed by atoms with E-state index in [0.717, 1.165) is 30.3 Å². The molecule has 8 nitrogen and oxygen atoms in total. The third kappa shape index (κ3) is 3.11. The number of pyridine rings is 1. The highest BCUT2D eigenvalue weighted by molar-refractivity contribution is 6.08. The summed E-state index contributed by atoms with van der Waals surface area (Å²) in [6, 6.07) is 5.69. The van der Waals surface area contributed by atoms with E-state index >= 15 is 0 Å². The Bertz CT molecular complexity index is 944. The number of rotatable bonds is 3. The van der Waals surface area contributed by atoms with Gasteiger partial charge in [0.15, 0.2) is 5.65 Å². The predicted molar refractivity (Wildman–Crippen MR) is 97.7 cm³/mol. The van der Waals surface area contributed by atoms with Gasteiger partial charge in [-0.1, -0.05) is 0 Å². The largest absolute Gasteiger partial charge is 0.378 e. The van der Waals surface area contributed by atoms with Crippen molar-refractivity contribution in [1.29, 1.82) is 0 Å². The molecule has 1 saturated heterocycles. The van der Waals surface area contributed by atoms with Crippen LogP contribution in [0, 0.1) is 13.8 Å². The molecular weight excluding hydrogens is 332 g/mol. The van der Waals surface area contributed by atoms with E-state index in [-0.39, 0.29) is 5.91 Å². The van der Waals surface area contributed by atoms with Crippen LogP contribution in [0.5, 0.6) is 0 Å². The highest BCUT2D eigenvalue weighted by Gasteiger charge is 2.16. The van der Waals surface area contributed by atoms with Crippen molar-refractivity contribution in [1.82, 2.24) is 19.6 Å². The summed E-state index contributed by atoms with van der Waals surface area (Å²) in [6.07, 6.45) is 3.21. The first-order valence-corrected chi connectivity index (χ1v) is 8.54. The second kappa shape index (κ2) is 6.72. The molecule has 0 aliphatic carbocycles. The summed E-state index contributed by atoms with van der Waals surface area (Å²) in [4.78, 5) is 23.7. The third-order valence-corrected chi connectivity index (χ3v) is 4.36. The zero-order valence-electron chi connectivity index (χ0n) is 14.8. The Hall–Kier alpha value is -3.00. The second-order valence-electron chi connectivity index (χ2n) is 6.29. The van der Waals surface area contributed by atoms with Crippen molar-refractivity contribution < 1.29 is 9.53 Å². The van der Waals surface area contributed by atoms with Crippen LogP contribution < -0.4 is 10.2 Å². The van der Waals surface area contributed by atoms with Gasteiger partial charge in [0.1, 0.15) is 11.4 Å². The topological polar surface area (TPSA) is 84.7 Å². The number of anilines is 2. The number of ether oxygens (including phenoxy) is 1. The van der Waals surface area contributed by atoms with Gasteiger partial charge in [0.25, 0.3) is 5.91 Å². The highest BCUT2D eigenvalue weighted by Crippen LogP contribution is 2.17. The van der Waals surface area contributed by atoms with E-state index in [1.807, 2.05) is 32.0 Å². The highest BCUT2D eigenvalue weighted by atomic mass is 16.5. The molecule has 0 atom stereocenters. The number of nitrogens with one attached hydrogen (secondary N) is 1. The van der Waals surface area contributed by atoms with Crippen LogP contribution in [0.4, 0.5) is 11.5 Å². The fourth-order valence-electron chi connectivity index (χ4n) is 3.07. The summed E-state index contributed by atoms with van der Waals surface area (Å²) >= 11 is 0. The summed E-state index contributed by atoms with van der Waals surface area (Å²) in [6.45, 7) is 6.90. The van der Waals surface area contributed by atoms with Crippen molar-refractivity contribution in [2.45, 2.75) is 13.8 Å². The number of carbonyl (C=O) groups excluding carboxylic acids is 1. The van der Waals surface area contributed by atoms with Gasteiger partial charge in [-0.25, -0.2) is 14.5 Å². The van der Waals surface area contributed by atoms with Crippen LogP contribution in [-0.2, 0) is 4.74 Å². The van der Waals surface area contributed by atoms with Crippen LogP contribution in [0.25, 0.3) is 5.65 Å². The van der Waals surface area contributed by atoms with Gasteiger partial charge >= 0.3 is 0 Å². The Morgan fingerprint density at radius 2 is 2.00 bits per heavy atom. The van der Waals surface area contributed by atoms with Crippen LogP contribution in [0.3, 0.4) is 0 Å². The normalized spacial score (nSPS) is 14.6. The van der Waals surface area contributed by atoms with Crippen molar-refractivity contribution in [2.24, 2.45) is 0 Å². The third-order valence-electron chi connectivity index (χ3n) is 4.36. The minimum Gasteiger partial charge on any atom is -0.378 e. The maximum atomic E-state index is 12.6. The minimum atomic E-state index is -0.251. The first-order chi connectivity index (χ1) is 12.6. The first-order valence-electron chi connectivity index (χ1n) is 8.54. The number of nitrogens with zero attached hydrogens (tertiary/aromatic N) is 5. The van der Waals surface area contributed by atoms with Crippen molar-refractivity contribution >= 4 is 23.1 Å². The molecule has 3 aromatic rings. The van der Waals surface area contributed by atoms with E-state index in [1.54, 1.807) is 16.9 Å². The zero-order chi connectivity index (χ0) is 18.1. The van der Waals surface area contributed by atoms with Crippen LogP contribution >= 0.6 is 0 Å². The number of aromatic nitrogens is 4. The van der Waals surface area contributed by atoms with Crippen LogP contribution in [0.2, 0.25) is 0 Å². The number of amides is 1. The van der Waals surface area contributed by atoms with E-state index in [4.69, 9.17) is 4.74 Å². The number of morpholine rings is 1. The second-order valence-corrected chi connectivity index (χ2v) is 6.29. The van der Waals surface area contributed by atoms with E-state index in [0.29, 0.717) is 30.1 Å². The predicted octanol–water partition coefficient (Wildman–Crippen LogP) is 1.83. The molecule has 0 saturated carbocycles. The zero-order valence-corrected chi connectivity index (χ0v) is 14.8.